The lowest BCUT2D eigenvalue weighted by Gasteiger charge is -2.41. The van der Waals surface area contributed by atoms with Crippen LogP contribution < -0.4 is 10.5 Å². The highest BCUT2D eigenvalue weighted by molar-refractivity contribution is 5.98. The molecule has 0 saturated carbocycles. The number of nitrogens with two attached hydrogens (primary N) is 1. The van der Waals surface area contributed by atoms with E-state index in [0.29, 0.717) is 42.9 Å². The van der Waals surface area contributed by atoms with Crippen LogP contribution in [0, 0.1) is 0 Å². The number of primary amides is 1. The van der Waals surface area contributed by atoms with E-state index in [2.05, 4.69) is 49.7 Å². The van der Waals surface area contributed by atoms with Gasteiger partial charge >= 0.3 is 0 Å². The van der Waals surface area contributed by atoms with Crippen molar-refractivity contribution < 1.29 is 14.3 Å². The fourth-order valence-electron chi connectivity index (χ4n) is 6.76. The molecule has 1 atom stereocenters. The first kappa shape index (κ1) is 28.5. The summed E-state index contributed by atoms with van der Waals surface area (Å²) < 4.78 is 7.10. The smallest absolute Gasteiger partial charge is 0.257 e. The third-order valence-corrected chi connectivity index (χ3v) is 9.37. The van der Waals surface area contributed by atoms with Crippen LogP contribution in [-0.4, -0.2) is 86.6 Å². The van der Waals surface area contributed by atoms with Crippen LogP contribution in [0.1, 0.15) is 47.2 Å². The van der Waals surface area contributed by atoms with Crippen molar-refractivity contribution >= 4 is 11.8 Å². The maximum absolute atomic E-state index is 14.0. The number of amides is 2. The van der Waals surface area contributed by atoms with Gasteiger partial charge in [0.15, 0.2) is 0 Å². The quantitative estimate of drug-likeness (QED) is 0.320. The van der Waals surface area contributed by atoms with Gasteiger partial charge in [-0.3, -0.25) is 14.6 Å². The number of pyridine rings is 1. The number of tetrazole rings is 1. The molecule has 0 spiro atoms. The highest BCUT2D eigenvalue weighted by Gasteiger charge is 2.44. The van der Waals surface area contributed by atoms with Crippen molar-refractivity contribution in [1.82, 2.24) is 35.0 Å². The summed E-state index contributed by atoms with van der Waals surface area (Å²) in [6.07, 6.45) is 8.04. The molecule has 4 aromatic rings. The second-order valence-corrected chi connectivity index (χ2v) is 11.5. The minimum Gasteiger partial charge on any atom is -0.496 e. The lowest BCUT2D eigenvalue weighted by Crippen LogP contribution is -2.50. The Labute approximate surface area is 250 Å². The average molecular weight is 581 g/mol. The summed E-state index contributed by atoms with van der Waals surface area (Å²) >= 11 is 0. The number of benzene rings is 2. The standard InChI is InChI=1S/C32H36N8O3/c1-43-28-8-7-26(40-23-35-36-37-40)21-27(28)29(41)39-20-12-31(22-39,24-5-3-2-4-6-24)11-17-38-18-13-32(14-19-38,30(33)42)25-9-15-34-16-10-25/h2-10,15-16,21,23H,11-14,17-20,22H2,1H3,(H2,33,42). The molecule has 11 heteroatoms. The van der Waals surface area contributed by atoms with Gasteiger partial charge in [0.25, 0.3) is 5.91 Å². The minimum absolute atomic E-state index is 0.0776. The second kappa shape index (κ2) is 11.9. The van der Waals surface area contributed by atoms with Gasteiger partial charge in [-0.1, -0.05) is 30.3 Å². The van der Waals surface area contributed by atoms with Crippen LogP contribution in [0.2, 0.25) is 0 Å². The molecule has 2 aromatic carbocycles. The second-order valence-electron chi connectivity index (χ2n) is 11.5. The summed E-state index contributed by atoms with van der Waals surface area (Å²) in [7, 11) is 1.57. The fourth-order valence-corrected chi connectivity index (χ4v) is 6.76. The van der Waals surface area contributed by atoms with E-state index in [1.54, 1.807) is 31.6 Å². The lowest BCUT2D eigenvalue weighted by atomic mass is 9.72. The summed E-state index contributed by atoms with van der Waals surface area (Å²) in [6, 6.07) is 19.7. The Balaban J connectivity index is 1.19. The zero-order chi connectivity index (χ0) is 29.9. The molecule has 2 N–H and O–H groups in total. The molecule has 0 aliphatic carbocycles. The summed E-state index contributed by atoms with van der Waals surface area (Å²) in [5.41, 5.74) is 8.45. The van der Waals surface area contributed by atoms with Crippen molar-refractivity contribution in [1.29, 1.82) is 0 Å². The van der Waals surface area contributed by atoms with Gasteiger partial charge in [0, 0.05) is 30.9 Å². The van der Waals surface area contributed by atoms with E-state index < -0.39 is 5.41 Å². The average Bonchev–Trinajstić information content (AvgIpc) is 3.76. The Bertz CT molecular complexity index is 1560. The third kappa shape index (κ3) is 5.48. The van der Waals surface area contributed by atoms with Gasteiger partial charge in [0.05, 0.1) is 23.8 Å². The molecule has 2 aliphatic heterocycles. The van der Waals surface area contributed by atoms with Crippen LogP contribution in [-0.2, 0) is 15.6 Å². The predicted molar refractivity (Wildman–Crippen MR) is 160 cm³/mol. The number of carbonyl (C=O) groups is 2. The largest absolute Gasteiger partial charge is 0.496 e. The zero-order valence-corrected chi connectivity index (χ0v) is 24.3. The Kier molecular flexibility index (Phi) is 7.90. The molecule has 6 rings (SSSR count). The van der Waals surface area contributed by atoms with Gasteiger partial charge < -0.3 is 20.3 Å². The predicted octanol–water partition coefficient (Wildman–Crippen LogP) is 2.76. The number of hydrogen-bond donors (Lipinski definition) is 1. The summed E-state index contributed by atoms with van der Waals surface area (Å²) in [6.45, 7) is 3.66. The van der Waals surface area contributed by atoms with E-state index >= 15 is 0 Å². The molecular formula is C32H36N8O3. The Morgan fingerprint density at radius 1 is 0.953 bits per heavy atom. The number of rotatable bonds is 9. The molecule has 0 bridgehead atoms. The van der Waals surface area contributed by atoms with Crippen LogP contribution in [0.3, 0.4) is 0 Å². The SMILES string of the molecule is COc1ccc(-n2cnnn2)cc1C(=O)N1CCC(CCN2CCC(C(N)=O)(c3ccncc3)CC2)(c2ccccc2)C1. The molecule has 2 fully saturated rings. The van der Waals surface area contributed by atoms with Crippen LogP contribution >= 0.6 is 0 Å². The molecule has 1 unspecified atom stereocenters. The molecule has 2 aliphatic rings. The number of aromatic nitrogens is 5. The molecule has 11 nitrogen and oxygen atoms in total. The van der Waals surface area contributed by atoms with Crippen LogP contribution in [0.15, 0.2) is 79.4 Å². The molecule has 43 heavy (non-hydrogen) atoms. The van der Waals surface area contributed by atoms with Crippen molar-refractivity contribution in [2.24, 2.45) is 5.73 Å². The van der Waals surface area contributed by atoms with E-state index in [1.807, 2.05) is 29.2 Å². The van der Waals surface area contributed by atoms with Crippen molar-refractivity contribution in [2.45, 2.75) is 36.5 Å². The number of ether oxygens (including phenoxy) is 1. The molecule has 2 saturated heterocycles. The molecule has 4 heterocycles. The van der Waals surface area contributed by atoms with Crippen molar-refractivity contribution in [3.8, 4) is 11.4 Å². The Hall–Kier alpha value is -4.64. The highest BCUT2D eigenvalue weighted by Crippen LogP contribution is 2.41. The number of carbonyl (C=O) groups excluding carboxylic acids is 2. The number of methoxy groups -OCH3 is 1. The molecular weight excluding hydrogens is 544 g/mol. The van der Waals surface area contributed by atoms with Gasteiger partial charge in [-0.05, 0) is 97.2 Å². The number of hydrogen-bond acceptors (Lipinski definition) is 8. The van der Waals surface area contributed by atoms with E-state index in [-0.39, 0.29) is 17.2 Å². The summed E-state index contributed by atoms with van der Waals surface area (Å²) in [5, 5.41) is 11.4. The molecule has 222 valence electrons. The van der Waals surface area contributed by atoms with Crippen molar-refractivity contribution in [2.75, 3.05) is 39.8 Å². The van der Waals surface area contributed by atoms with Crippen LogP contribution in [0.5, 0.6) is 5.75 Å². The maximum atomic E-state index is 14.0. The zero-order valence-electron chi connectivity index (χ0n) is 24.3. The van der Waals surface area contributed by atoms with E-state index in [9.17, 15) is 9.59 Å². The number of likely N-dealkylation sites (tertiary alicyclic amines) is 2. The first-order chi connectivity index (χ1) is 20.9. The van der Waals surface area contributed by atoms with Gasteiger partial charge in [0.2, 0.25) is 5.91 Å². The number of piperidine rings is 1. The van der Waals surface area contributed by atoms with Gasteiger partial charge in [-0.2, -0.15) is 0 Å². The first-order valence-electron chi connectivity index (χ1n) is 14.6. The highest BCUT2D eigenvalue weighted by atomic mass is 16.5. The first-order valence-corrected chi connectivity index (χ1v) is 14.6. The molecule has 2 amide bonds. The molecule has 0 radical (unpaired) electrons. The normalized spacial score (nSPS) is 20.2. The third-order valence-electron chi connectivity index (χ3n) is 9.37. The van der Waals surface area contributed by atoms with Gasteiger partial charge in [-0.15, -0.1) is 5.10 Å². The Morgan fingerprint density at radius 3 is 2.40 bits per heavy atom. The monoisotopic (exact) mass is 580 g/mol. The van der Waals surface area contributed by atoms with Crippen molar-refractivity contribution in [3.63, 3.8) is 0 Å². The number of nitrogens with zero attached hydrogens (tertiary/aromatic N) is 7. The van der Waals surface area contributed by atoms with Crippen LogP contribution in [0.25, 0.3) is 5.69 Å². The fraction of sp³-hybridized carbons (Fsp3) is 0.375. The summed E-state index contributed by atoms with van der Waals surface area (Å²) in [5.74, 6) is 0.161. The van der Waals surface area contributed by atoms with E-state index in [0.717, 1.165) is 38.0 Å². The summed E-state index contributed by atoms with van der Waals surface area (Å²) in [4.78, 5) is 35.1. The van der Waals surface area contributed by atoms with E-state index in [4.69, 9.17) is 10.5 Å². The van der Waals surface area contributed by atoms with Crippen LogP contribution in [0.4, 0.5) is 0 Å². The van der Waals surface area contributed by atoms with Gasteiger partial charge in [0.1, 0.15) is 12.1 Å². The minimum atomic E-state index is -0.664. The van der Waals surface area contributed by atoms with Gasteiger partial charge in [-0.25, -0.2) is 4.68 Å². The molecule has 2 aromatic heterocycles. The van der Waals surface area contributed by atoms with E-state index in [1.165, 1.54) is 16.6 Å². The Morgan fingerprint density at radius 2 is 1.72 bits per heavy atom. The topological polar surface area (TPSA) is 132 Å². The van der Waals surface area contributed by atoms with Crippen molar-refractivity contribution in [3.05, 3.63) is 96.1 Å². The maximum Gasteiger partial charge on any atom is 0.257 e. The lowest BCUT2D eigenvalue weighted by molar-refractivity contribution is -0.125.